The summed E-state index contributed by atoms with van der Waals surface area (Å²) in [5.41, 5.74) is 8.19. The fourth-order valence-corrected chi connectivity index (χ4v) is 3.78. The fraction of sp³-hybridized carbons (Fsp3) is 0.471. The van der Waals surface area contributed by atoms with Gasteiger partial charge in [-0.25, -0.2) is 0 Å². The Kier molecular flexibility index (Phi) is 3.58. The molecule has 1 aromatic carbocycles. The Hall–Kier alpha value is -1.32. The lowest BCUT2D eigenvalue weighted by Crippen LogP contribution is -2.53. The predicted molar refractivity (Wildman–Crippen MR) is 89.8 cm³/mol. The molecule has 0 spiro atoms. The molecule has 1 aliphatic rings. The van der Waals surface area contributed by atoms with E-state index in [0.717, 1.165) is 28.0 Å². The lowest BCUT2D eigenvalue weighted by atomic mass is 9.74. The van der Waals surface area contributed by atoms with Gasteiger partial charge in [0.15, 0.2) is 0 Å². The first kappa shape index (κ1) is 14.6. The number of benzene rings is 1. The minimum atomic E-state index is -0.0781. The van der Waals surface area contributed by atoms with Crippen molar-refractivity contribution in [3.63, 3.8) is 0 Å². The van der Waals surface area contributed by atoms with Crippen LogP contribution in [0.2, 0.25) is 5.02 Å². The molecule has 4 heteroatoms. The molecule has 1 saturated carbocycles. The van der Waals surface area contributed by atoms with Crippen molar-refractivity contribution in [1.82, 2.24) is 4.98 Å². The molecular formula is C17H22ClN3. The number of hydrogen-bond acceptors (Lipinski definition) is 3. The minimum absolute atomic E-state index is 0.0781. The molecule has 1 atom stereocenters. The van der Waals surface area contributed by atoms with E-state index in [-0.39, 0.29) is 11.0 Å². The molecule has 0 aliphatic heterocycles. The summed E-state index contributed by atoms with van der Waals surface area (Å²) in [4.78, 5) is 4.51. The zero-order valence-electron chi connectivity index (χ0n) is 12.6. The summed E-state index contributed by atoms with van der Waals surface area (Å²) in [5.74, 6) is 0. The zero-order valence-corrected chi connectivity index (χ0v) is 13.4. The SMILES string of the molecule is CC1(C)CCCC1(CN)Nc1ccc(Cl)c2cccnc12. The van der Waals surface area contributed by atoms with E-state index in [9.17, 15) is 0 Å². The summed E-state index contributed by atoms with van der Waals surface area (Å²) in [6.07, 6.45) is 5.29. The quantitative estimate of drug-likeness (QED) is 0.893. The average molecular weight is 304 g/mol. The highest BCUT2D eigenvalue weighted by atomic mass is 35.5. The number of halogens is 1. The maximum absolute atomic E-state index is 6.28. The van der Waals surface area contributed by atoms with Gasteiger partial charge >= 0.3 is 0 Å². The highest BCUT2D eigenvalue weighted by molar-refractivity contribution is 6.35. The molecule has 1 fully saturated rings. The van der Waals surface area contributed by atoms with Crippen LogP contribution in [0.5, 0.6) is 0 Å². The van der Waals surface area contributed by atoms with E-state index in [4.69, 9.17) is 17.3 Å². The number of aromatic nitrogens is 1. The summed E-state index contributed by atoms with van der Waals surface area (Å²) in [7, 11) is 0. The van der Waals surface area contributed by atoms with Crippen LogP contribution in [0.4, 0.5) is 5.69 Å². The van der Waals surface area contributed by atoms with E-state index in [2.05, 4.69) is 24.1 Å². The van der Waals surface area contributed by atoms with Crippen molar-refractivity contribution in [2.24, 2.45) is 11.1 Å². The van der Waals surface area contributed by atoms with Crippen LogP contribution in [0, 0.1) is 5.41 Å². The molecule has 3 nitrogen and oxygen atoms in total. The second-order valence-corrected chi connectivity index (χ2v) is 7.05. The van der Waals surface area contributed by atoms with Crippen molar-refractivity contribution in [1.29, 1.82) is 0 Å². The smallest absolute Gasteiger partial charge is 0.0948 e. The third-order valence-corrected chi connectivity index (χ3v) is 5.47. The van der Waals surface area contributed by atoms with E-state index in [1.165, 1.54) is 12.8 Å². The molecule has 3 rings (SSSR count). The van der Waals surface area contributed by atoms with Crippen LogP contribution in [0.1, 0.15) is 33.1 Å². The van der Waals surface area contributed by atoms with E-state index >= 15 is 0 Å². The first-order valence-corrected chi connectivity index (χ1v) is 7.88. The van der Waals surface area contributed by atoms with Crippen molar-refractivity contribution in [3.05, 3.63) is 35.5 Å². The van der Waals surface area contributed by atoms with Crippen molar-refractivity contribution in [2.45, 2.75) is 38.6 Å². The Morgan fingerprint density at radius 2 is 2.10 bits per heavy atom. The second kappa shape index (κ2) is 5.15. The molecule has 1 unspecified atom stereocenters. The molecule has 0 radical (unpaired) electrons. The third kappa shape index (κ3) is 2.29. The highest BCUT2D eigenvalue weighted by Crippen LogP contribution is 2.47. The minimum Gasteiger partial charge on any atom is -0.376 e. The van der Waals surface area contributed by atoms with Gasteiger partial charge in [0.25, 0.3) is 0 Å². The predicted octanol–water partition coefficient (Wildman–Crippen LogP) is 4.21. The van der Waals surface area contributed by atoms with E-state index in [1.807, 2.05) is 24.3 Å². The average Bonchev–Trinajstić information content (AvgIpc) is 2.77. The zero-order chi connectivity index (χ0) is 15.1. The molecule has 2 aromatic rings. The number of nitrogens with zero attached hydrogens (tertiary/aromatic N) is 1. The van der Waals surface area contributed by atoms with Gasteiger partial charge in [-0.1, -0.05) is 31.9 Å². The van der Waals surface area contributed by atoms with Gasteiger partial charge in [0.1, 0.15) is 0 Å². The Balaban J connectivity index is 2.08. The van der Waals surface area contributed by atoms with Crippen LogP contribution < -0.4 is 11.1 Å². The van der Waals surface area contributed by atoms with E-state index in [0.29, 0.717) is 6.54 Å². The number of rotatable bonds is 3. The van der Waals surface area contributed by atoms with Crippen LogP contribution in [0.3, 0.4) is 0 Å². The molecule has 3 N–H and O–H groups in total. The summed E-state index contributed by atoms with van der Waals surface area (Å²) in [6.45, 7) is 5.22. The Morgan fingerprint density at radius 1 is 1.29 bits per heavy atom. The molecule has 21 heavy (non-hydrogen) atoms. The van der Waals surface area contributed by atoms with Gasteiger partial charge in [-0.2, -0.15) is 0 Å². The van der Waals surface area contributed by atoms with Crippen molar-refractivity contribution < 1.29 is 0 Å². The highest BCUT2D eigenvalue weighted by Gasteiger charge is 2.48. The molecule has 1 aromatic heterocycles. The van der Waals surface area contributed by atoms with Gasteiger partial charge < -0.3 is 11.1 Å². The number of hydrogen-bond donors (Lipinski definition) is 2. The Bertz CT molecular complexity index is 668. The third-order valence-electron chi connectivity index (χ3n) is 5.14. The van der Waals surface area contributed by atoms with Crippen LogP contribution in [-0.4, -0.2) is 17.1 Å². The first-order valence-electron chi connectivity index (χ1n) is 7.51. The molecule has 1 heterocycles. The normalized spacial score (nSPS) is 24.4. The van der Waals surface area contributed by atoms with Gasteiger partial charge in [-0.05, 0) is 42.5 Å². The number of nitrogens with two attached hydrogens (primary N) is 1. The molecular weight excluding hydrogens is 282 g/mol. The van der Waals surface area contributed by atoms with E-state index in [1.54, 1.807) is 6.20 Å². The van der Waals surface area contributed by atoms with Gasteiger partial charge in [-0.3, -0.25) is 4.98 Å². The second-order valence-electron chi connectivity index (χ2n) is 6.64. The van der Waals surface area contributed by atoms with Crippen molar-refractivity contribution in [2.75, 3.05) is 11.9 Å². The van der Waals surface area contributed by atoms with Crippen LogP contribution >= 0.6 is 11.6 Å². The monoisotopic (exact) mass is 303 g/mol. The number of pyridine rings is 1. The Labute approximate surface area is 130 Å². The topological polar surface area (TPSA) is 50.9 Å². The van der Waals surface area contributed by atoms with E-state index < -0.39 is 0 Å². The lowest BCUT2D eigenvalue weighted by molar-refractivity contribution is 0.239. The number of anilines is 1. The molecule has 1 aliphatic carbocycles. The van der Waals surface area contributed by atoms with Crippen molar-refractivity contribution >= 4 is 28.2 Å². The summed E-state index contributed by atoms with van der Waals surface area (Å²) in [6, 6.07) is 7.87. The van der Waals surface area contributed by atoms with Gasteiger partial charge in [-0.15, -0.1) is 0 Å². The lowest BCUT2D eigenvalue weighted by Gasteiger charge is -2.42. The summed E-state index contributed by atoms with van der Waals surface area (Å²) >= 11 is 6.28. The van der Waals surface area contributed by atoms with Gasteiger partial charge in [0, 0.05) is 18.1 Å². The number of fused-ring (bicyclic) bond motifs is 1. The molecule has 112 valence electrons. The van der Waals surface area contributed by atoms with Crippen LogP contribution in [0.15, 0.2) is 30.5 Å². The molecule has 0 amide bonds. The summed E-state index contributed by atoms with van der Waals surface area (Å²) in [5, 5.41) is 5.43. The Morgan fingerprint density at radius 3 is 2.76 bits per heavy atom. The van der Waals surface area contributed by atoms with Gasteiger partial charge in [0.2, 0.25) is 0 Å². The fourth-order valence-electron chi connectivity index (χ4n) is 3.57. The maximum Gasteiger partial charge on any atom is 0.0948 e. The van der Waals surface area contributed by atoms with Gasteiger partial charge in [0.05, 0.1) is 21.8 Å². The van der Waals surface area contributed by atoms with Crippen LogP contribution in [0.25, 0.3) is 10.9 Å². The maximum atomic E-state index is 6.28. The number of nitrogens with one attached hydrogen (secondary N) is 1. The molecule has 0 saturated heterocycles. The molecule has 0 bridgehead atoms. The largest absolute Gasteiger partial charge is 0.376 e. The van der Waals surface area contributed by atoms with Crippen LogP contribution in [-0.2, 0) is 0 Å². The first-order chi connectivity index (χ1) is 9.99. The van der Waals surface area contributed by atoms with Crippen molar-refractivity contribution in [3.8, 4) is 0 Å². The summed E-state index contributed by atoms with van der Waals surface area (Å²) < 4.78 is 0. The standard InChI is InChI=1S/C17H22ClN3/c1-16(2)8-4-9-17(16,11-19)21-14-7-6-13(18)12-5-3-10-20-15(12)14/h3,5-7,10,21H,4,8-9,11,19H2,1-2H3.